The molecule has 12 nitrogen and oxygen atoms in total. The van der Waals surface area contributed by atoms with Crippen molar-refractivity contribution in [3.63, 3.8) is 0 Å². The minimum absolute atomic E-state index is 0.253. The van der Waals surface area contributed by atoms with Crippen molar-refractivity contribution >= 4 is 95.9 Å². The molecule has 0 atom stereocenters. The Balaban J connectivity index is 0.000000202. The molecule has 0 saturated carbocycles. The fraction of sp³-hybridized carbons (Fsp3) is 0.188. The molecule has 2 aromatic carbocycles. The molecule has 0 spiro atoms. The van der Waals surface area contributed by atoms with E-state index < -0.39 is 5.20 Å². The molecule has 51 heavy (non-hydrogen) atoms. The lowest BCUT2D eigenvalue weighted by Gasteiger charge is -2.09. The van der Waals surface area contributed by atoms with Crippen LogP contribution in [0.5, 0.6) is 23.0 Å². The normalized spacial score (nSPS) is 10.9. The average molecular weight is 831 g/mol. The Morgan fingerprint density at radius 1 is 0.647 bits per heavy atom. The first-order valence-electron chi connectivity index (χ1n) is 14.3. The van der Waals surface area contributed by atoms with Crippen LogP contribution in [-0.2, 0) is 4.57 Å². The van der Waals surface area contributed by atoms with Crippen molar-refractivity contribution in [2.24, 2.45) is 0 Å². The largest absolute Gasteiger partial charge is 0.497 e. The number of halogens is 4. The lowest BCUT2D eigenvalue weighted by Crippen LogP contribution is -2.10. The lowest BCUT2D eigenvalue weighted by molar-refractivity contribution is 0.394. The summed E-state index contributed by atoms with van der Waals surface area (Å²) in [4.78, 5) is 36.8. The van der Waals surface area contributed by atoms with Gasteiger partial charge in [-0.15, -0.1) is 0 Å². The van der Waals surface area contributed by atoms with Gasteiger partial charge in [0.2, 0.25) is 0 Å². The number of benzene rings is 2. The summed E-state index contributed by atoms with van der Waals surface area (Å²) < 4.78 is 30.6. The Kier molecular flexibility index (Phi) is 14.5. The number of aromatic amines is 1. The number of ether oxygens (including phenoxy) is 4. The average Bonchev–Trinajstić information content (AvgIpc) is 3.13. The first-order valence-corrected chi connectivity index (χ1v) is 21.5. The smallest absolute Gasteiger partial charge is 0.339 e. The van der Waals surface area contributed by atoms with E-state index in [1.54, 1.807) is 53.0 Å². The van der Waals surface area contributed by atoms with Crippen molar-refractivity contribution in [1.29, 1.82) is 0 Å². The van der Waals surface area contributed by atoms with Gasteiger partial charge < -0.3 is 23.9 Å². The minimum Gasteiger partial charge on any atom is -0.497 e. The molecule has 4 heterocycles. The summed E-state index contributed by atoms with van der Waals surface area (Å²) in [5.41, 5.74) is 3.76. The third kappa shape index (κ3) is 11.2. The van der Waals surface area contributed by atoms with E-state index >= 15 is 0 Å². The first-order chi connectivity index (χ1) is 24.3. The van der Waals surface area contributed by atoms with Crippen LogP contribution in [0.15, 0.2) is 76.0 Å². The number of hydrogen-bond donors (Lipinski definition) is 1. The quantitative estimate of drug-likeness (QED) is 0.0672. The molecule has 19 heteroatoms. The van der Waals surface area contributed by atoms with Crippen LogP contribution in [-0.4, -0.2) is 70.9 Å². The maximum absolute atomic E-state index is 12.3. The summed E-state index contributed by atoms with van der Waals surface area (Å²) in [6.45, 7) is 0. The van der Waals surface area contributed by atoms with Gasteiger partial charge in [-0.05, 0) is 82.6 Å². The number of hydrogen-bond acceptors (Lipinski definition) is 13. The molecule has 0 saturated heterocycles. The fourth-order valence-corrected chi connectivity index (χ4v) is 5.36. The van der Waals surface area contributed by atoms with Gasteiger partial charge in [-0.3, -0.25) is 9.36 Å². The van der Waals surface area contributed by atoms with Crippen molar-refractivity contribution in [1.82, 2.24) is 29.9 Å². The number of aromatic nitrogens is 6. The van der Waals surface area contributed by atoms with E-state index in [-0.39, 0.29) is 5.56 Å². The molecule has 0 aliphatic rings. The second-order valence-electron chi connectivity index (χ2n) is 9.87. The Labute approximate surface area is 320 Å². The number of rotatable bonds is 8. The van der Waals surface area contributed by atoms with E-state index in [0.29, 0.717) is 66.3 Å². The highest BCUT2D eigenvalue weighted by atomic mass is 36.0. The molecule has 6 aromatic rings. The lowest BCUT2D eigenvalue weighted by atomic mass is 10.1. The molecule has 4 aromatic heterocycles. The molecule has 0 fully saturated rings. The van der Waals surface area contributed by atoms with Gasteiger partial charge in [-0.25, -0.2) is 24.9 Å². The number of nitrogens with zero attached hydrogens (tertiary/aromatic N) is 5. The maximum atomic E-state index is 12.3. The highest BCUT2D eigenvalue weighted by Crippen LogP contribution is 2.61. The Bertz CT molecular complexity index is 2230. The molecule has 268 valence electrons. The maximum Gasteiger partial charge on any atom is 0.339 e. The standard InChI is InChI=1S/C16H14ClN3O2S.C16H15N3O3S.Cl3OP/c1-21-11-4-9(5-12(7-11)22-2)13-6-10-8-18-16(23-3)20-14(10)15(17)19-13;1-21-11-4-9(5-12(7-11)22-2)13-6-10-8-17-16(23-3)19-14(10)15(20)18-13;1-5(2,3)4/h4-8H,1-3H3;4-8H,1-3H3,(H,18,20);. The molecule has 0 bridgehead atoms. The Morgan fingerprint density at radius 3 is 1.53 bits per heavy atom. The zero-order valence-corrected chi connectivity index (χ0v) is 33.3. The molecule has 0 aliphatic heterocycles. The van der Waals surface area contributed by atoms with Gasteiger partial charge >= 0.3 is 5.20 Å². The number of H-pyrrole nitrogens is 1. The van der Waals surface area contributed by atoms with Crippen LogP contribution in [0.4, 0.5) is 0 Å². The highest BCUT2D eigenvalue weighted by Gasteiger charge is 2.12. The van der Waals surface area contributed by atoms with Crippen molar-refractivity contribution in [2.45, 2.75) is 10.3 Å². The summed E-state index contributed by atoms with van der Waals surface area (Å²) in [6, 6.07) is 14.7. The molecule has 6 rings (SSSR count). The molecule has 0 aliphatic carbocycles. The summed E-state index contributed by atoms with van der Waals surface area (Å²) >= 11 is 23.0. The fourth-order valence-electron chi connectivity index (χ4n) is 4.44. The van der Waals surface area contributed by atoms with Crippen LogP contribution in [0.25, 0.3) is 44.3 Å². The molecule has 0 radical (unpaired) electrons. The number of thioether (sulfide) groups is 2. The number of methoxy groups -OCH3 is 4. The predicted octanol–water partition coefficient (Wildman–Crippen LogP) is 9.62. The zero-order valence-electron chi connectivity index (χ0n) is 27.7. The summed E-state index contributed by atoms with van der Waals surface area (Å²) in [6.07, 6.45) is 7.19. The van der Waals surface area contributed by atoms with Gasteiger partial charge in [0.25, 0.3) is 5.56 Å². The topological polar surface area (TPSA) is 151 Å². The van der Waals surface area contributed by atoms with Crippen LogP contribution < -0.4 is 24.5 Å². The van der Waals surface area contributed by atoms with Crippen LogP contribution in [0, 0.1) is 0 Å². The minimum atomic E-state index is -3.22. The Hall–Kier alpha value is -3.49. The number of pyridine rings is 2. The molecule has 0 unspecified atom stereocenters. The number of fused-ring (bicyclic) bond motifs is 2. The van der Waals surface area contributed by atoms with E-state index in [2.05, 4.69) is 63.6 Å². The second kappa shape index (κ2) is 18.3. The Morgan fingerprint density at radius 2 is 1.08 bits per heavy atom. The van der Waals surface area contributed by atoms with Crippen molar-refractivity contribution in [3.05, 3.63) is 76.4 Å². The summed E-state index contributed by atoms with van der Waals surface area (Å²) in [5.74, 6) is 2.67. The van der Waals surface area contributed by atoms with Crippen molar-refractivity contribution in [3.8, 4) is 45.5 Å². The van der Waals surface area contributed by atoms with Crippen LogP contribution in [0.3, 0.4) is 0 Å². The van der Waals surface area contributed by atoms with Crippen LogP contribution in [0.1, 0.15) is 0 Å². The van der Waals surface area contributed by atoms with Crippen LogP contribution in [0.2, 0.25) is 5.15 Å². The SMILES string of the molecule is COc1cc(OC)cc(-c2cc3cnc(SC)nc3c(=O)[nH]2)c1.COc1cc(OC)cc(-c2cc3cnc(SC)nc3c(Cl)n2)c1.O=P(Cl)(Cl)Cl. The van der Waals surface area contributed by atoms with E-state index in [0.717, 1.165) is 16.5 Å². The first kappa shape index (κ1) is 40.3. The zero-order chi connectivity index (χ0) is 37.3. The van der Waals surface area contributed by atoms with E-state index in [1.165, 1.54) is 23.5 Å². The third-order valence-electron chi connectivity index (χ3n) is 6.73. The van der Waals surface area contributed by atoms with Gasteiger partial charge in [-0.2, -0.15) is 0 Å². The molecular formula is C32H29Cl4N6O6PS2. The molecule has 0 amide bonds. The van der Waals surface area contributed by atoms with Crippen molar-refractivity contribution < 1.29 is 23.5 Å². The summed E-state index contributed by atoms with van der Waals surface area (Å²) in [5, 5.41) is -0.129. The van der Waals surface area contributed by atoms with E-state index in [1.807, 2.05) is 48.9 Å². The number of nitrogens with one attached hydrogen (secondary N) is 1. The van der Waals surface area contributed by atoms with Crippen molar-refractivity contribution in [2.75, 3.05) is 41.0 Å². The molecule has 1 N–H and O–H groups in total. The van der Waals surface area contributed by atoms with Gasteiger partial charge in [0.15, 0.2) is 15.5 Å². The van der Waals surface area contributed by atoms with Crippen LogP contribution >= 0.6 is 74.0 Å². The monoisotopic (exact) mass is 828 g/mol. The molecular weight excluding hydrogens is 801 g/mol. The summed E-state index contributed by atoms with van der Waals surface area (Å²) in [7, 11) is 6.38. The van der Waals surface area contributed by atoms with Gasteiger partial charge in [0, 0.05) is 52.1 Å². The van der Waals surface area contributed by atoms with Gasteiger partial charge in [0.1, 0.15) is 34.0 Å². The third-order valence-corrected chi connectivity index (χ3v) is 8.12. The van der Waals surface area contributed by atoms with Gasteiger partial charge in [-0.1, -0.05) is 35.1 Å². The van der Waals surface area contributed by atoms with E-state index in [4.69, 9.17) is 30.5 Å². The highest BCUT2D eigenvalue weighted by molar-refractivity contribution is 8.24. The van der Waals surface area contributed by atoms with E-state index in [9.17, 15) is 9.36 Å². The predicted molar refractivity (Wildman–Crippen MR) is 208 cm³/mol. The second-order valence-corrected chi connectivity index (χ2v) is 18.4. The van der Waals surface area contributed by atoms with Gasteiger partial charge in [0.05, 0.1) is 34.1 Å².